The average Bonchev–Trinajstić information content (AvgIpc) is 3.38. The van der Waals surface area contributed by atoms with Gasteiger partial charge in [-0.3, -0.25) is 4.79 Å². The highest BCUT2D eigenvalue weighted by Gasteiger charge is 2.51. The van der Waals surface area contributed by atoms with Crippen LogP contribution < -0.4 is 5.32 Å². The molecule has 0 saturated carbocycles. The van der Waals surface area contributed by atoms with Gasteiger partial charge in [-0.1, -0.05) is 231 Å². The van der Waals surface area contributed by atoms with E-state index in [-0.39, 0.29) is 18.9 Å². The molecule has 2 aliphatic heterocycles. The summed E-state index contributed by atoms with van der Waals surface area (Å²) in [7, 11) is 0. The summed E-state index contributed by atoms with van der Waals surface area (Å²) < 4.78 is 22.7. The smallest absolute Gasteiger partial charge is 0.220 e. The van der Waals surface area contributed by atoms with Gasteiger partial charge < -0.3 is 65.1 Å². The van der Waals surface area contributed by atoms with E-state index in [2.05, 4.69) is 31.3 Å². The number of nitrogens with one attached hydrogen (secondary N) is 1. The van der Waals surface area contributed by atoms with Crippen molar-refractivity contribution in [3.8, 4) is 0 Å². The number of ether oxygens (including phenoxy) is 4. The molecule has 2 rings (SSSR count). The molecule has 0 aliphatic carbocycles. The Bertz CT molecular complexity index is 1300. The lowest BCUT2D eigenvalue weighted by molar-refractivity contribution is -0.359. The van der Waals surface area contributed by atoms with E-state index < -0.39 is 86.8 Å². The van der Waals surface area contributed by atoms with E-state index in [1.165, 1.54) is 180 Å². The second-order valence-corrected chi connectivity index (χ2v) is 21.1. The number of rotatable bonds is 47. The minimum atomic E-state index is -1.79. The maximum Gasteiger partial charge on any atom is 0.220 e. The van der Waals surface area contributed by atoms with Crippen LogP contribution in [0.4, 0.5) is 0 Å². The first-order valence-electron chi connectivity index (χ1n) is 29.6. The van der Waals surface area contributed by atoms with Gasteiger partial charge in [0, 0.05) is 6.42 Å². The highest BCUT2D eigenvalue weighted by atomic mass is 16.7. The topological polar surface area (TPSA) is 228 Å². The summed E-state index contributed by atoms with van der Waals surface area (Å²) in [6.45, 7) is 2.80. The van der Waals surface area contributed by atoms with Crippen LogP contribution in [0.25, 0.3) is 0 Å². The fourth-order valence-electron chi connectivity index (χ4n) is 9.84. The van der Waals surface area contributed by atoms with Gasteiger partial charge in [-0.25, -0.2) is 0 Å². The predicted octanol–water partition coefficient (Wildman–Crippen LogP) is 9.67. The Morgan fingerprint density at radius 2 is 0.889 bits per heavy atom. The van der Waals surface area contributed by atoms with E-state index in [0.29, 0.717) is 12.8 Å². The zero-order valence-electron chi connectivity index (χ0n) is 45.4. The quantitative estimate of drug-likeness (QED) is 0.0205. The molecule has 12 atom stereocenters. The van der Waals surface area contributed by atoms with E-state index in [1.807, 2.05) is 6.08 Å². The fourth-order valence-corrected chi connectivity index (χ4v) is 9.84. The first-order valence-corrected chi connectivity index (χ1v) is 29.6. The van der Waals surface area contributed by atoms with E-state index in [1.54, 1.807) is 6.08 Å². The van der Waals surface area contributed by atoms with Crippen molar-refractivity contribution in [2.75, 3.05) is 19.8 Å². The van der Waals surface area contributed by atoms with Crippen molar-refractivity contribution in [3.05, 3.63) is 24.3 Å². The Morgan fingerprint density at radius 1 is 0.486 bits per heavy atom. The summed E-state index contributed by atoms with van der Waals surface area (Å²) in [6, 6.07) is -0.927. The number of hydrogen-bond donors (Lipinski definition) is 9. The number of aliphatic hydroxyl groups excluding tert-OH is 8. The molecule has 12 unspecified atom stereocenters. The summed E-state index contributed by atoms with van der Waals surface area (Å²) in [6.07, 6.45) is 35.1. The second kappa shape index (κ2) is 44.6. The van der Waals surface area contributed by atoms with Gasteiger partial charge in [-0.05, 0) is 32.1 Å². The van der Waals surface area contributed by atoms with Crippen molar-refractivity contribution < 1.29 is 64.6 Å². The molecule has 0 bridgehead atoms. The molecule has 0 radical (unpaired) electrons. The number of allylic oxidation sites excluding steroid dienone is 3. The predicted molar refractivity (Wildman–Crippen MR) is 286 cm³/mol. The summed E-state index contributed by atoms with van der Waals surface area (Å²) in [5, 5.41) is 87.0. The van der Waals surface area contributed by atoms with Gasteiger partial charge >= 0.3 is 0 Å². The Hall–Kier alpha value is -1.53. The molecule has 2 fully saturated rings. The lowest BCUT2D eigenvalue weighted by atomic mass is 9.97. The molecule has 424 valence electrons. The van der Waals surface area contributed by atoms with Gasteiger partial charge in [0.05, 0.1) is 32.0 Å². The fraction of sp³-hybridized carbons (Fsp3) is 0.914. The Morgan fingerprint density at radius 3 is 1.36 bits per heavy atom. The minimum absolute atomic E-state index is 0.246. The summed E-state index contributed by atoms with van der Waals surface area (Å²) in [4.78, 5) is 13.2. The number of carbonyl (C=O) groups is 1. The Kier molecular flexibility index (Phi) is 41.2. The normalized spacial score (nSPS) is 25.7. The first-order chi connectivity index (χ1) is 35.1. The second-order valence-electron chi connectivity index (χ2n) is 21.1. The molecular weight excluding hydrogens is 919 g/mol. The minimum Gasteiger partial charge on any atom is -0.394 e. The molecule has 72 heavy (non-hydrogen) atoms. The van der Waals surface area contributed by atoms with Gasteiger partial charge in [0.2, 0.25) is 5.91 Å². The highest BCUT2D eigenvalue weighted by molar-refractivity contribution is 5.76. The van der Waals surface area contributed by atoms with E-state index in [4.69, 9.17) is 18.9 Å². The number of unbranched alkanes of at least 4 members (excludes halogenated alkanes) is 32. The van der Waals surface area contributed by atoms with Crippen LogP contribution in [-0.2, 0) is 23.7 Å². The van der Waals surface area contributed by atoms with Crippen LogP contribution in [0, 0.1) is 0 Å². The van der Waals surface area contributed by atoms with E-state index in [0.717, 1.165) is 32.1 Å². The largest absolute Gasteiger partial charge is 0.394 e. The molecule has 14 heteroatoms. The van der Waals surface area contributed by atoms with Crippen molar-refractivity contribution >= 4 is 5.91 Å². The van der Waals surface area contributed by atoms with Crippen LogP contribution in [-0.4, -0.2) is 140 Å². The lowest BCUT2D eigenvalue weighted by Gasteiger charge is -2.46. The zero-order chi connectivity index (χ0) is 52.4. The van der Waals surface area contributed by atoms with E-state index in [9.17, 15) is 45.6 Å². The monoisotopic (exact) mass is 1030 g/mol. The van der Waals surface area contributed by atoms with Crippen LogP contribution in [0.5, 0.6) is 0 Å². The van der Waals surface area contributed by atoms with Crippen LogP contribution in [0.1, 0.15) is 245 Å². The SMILES string of the molecule is CCCCCCCCCCCCCCCCCCC/C=C/CC/C=C/C(O)C(COC1OC(CO)C(OC2OC(CO)C(O)C(O)C2O)C(O)C1O)NC(=O)CCCCCCCCCCCCCCCCC. The molecular formula is C58H109NO13. The molecule has 1 amide bonds. The number of hydrogen-bond acceptors (Lipinski definition) is 13. The first kappa shape index (κ1) is 66.6. The molecule has 0 aromatic carbocycles. The Labute approximate surface area is 437 Å². The van der Waals surface area contributed by atoms with Gasteiger partial charge in [-0.2, -0.15) is 0 Å². The molecule has 2 heterocycles. The summed E-state index contributed by atoms with van der Waals surface area (Å²) in [5.41, 5.74) is 0. The van der Waals surface area contributed by atoms with Gasteiger partial charge in [0.15, 0.2) is 12.6 Å². The molecule has 9 N–H and O–H groups in total. The number of aliphatic hydroxyl groups is 8. The van der Waals surface area contributed by atoms with Crippen LogP contribution in [0.2, 0.25) is 0 Å². The number of amides is 1. The van der Waals surface area contributed by atoms with E-state index >= 15 is 0 Å². The summed E-state index contributed by atoms with van der Waals surface area (Å²) >= 11 is 0. The molecule has 0 spiro atoms. The van der Waals surface area contributed by atoms with Crippen molar-refractivity contribution in [1.29, 1.82) is 0 Å². The zero-order valence-corrected chi connectivity index (χ0v) is 45.4. The third-order valence-corrected chi connectivity index (χ3v) is 14.6. The molecule has 2 aliphatic rings. The van der Waals surface area contributed by atoms with Gasteiger partial charge in [-0.15, -0.1) is 0 Å². The van der Waals surface area contributed by atoms with Gasteiger partial charge in [0.25, 0.3) is 0 Å². The molecule has 0 aromatic heterocycles. The highest BCUT2D eigenvalue weighted by Crippen LogP contribution is 2.30. The molecule has 0 aromatic rings. The number of carbonyl (C=O) groups excluding carboxylic acids is 1. The lowest BCUT2D eigenvalue weighted by Crippen LogP contribution is -2.65. The van der Waals surface area contributed by atoms with Crippen LogP contribution in [0.3, 0.4) is 0 Å². The van der Waals surface area contributed by atoms with Crippen molar-refractivity contribution in [2.24, 2.45) is 0 Å². The summed E-state index contributed by atoms with van der Waals surface area (Å²) in [5.74, 6) is -0.246. The van der Waals surface area contributed by atoms with Crippen molar-refractivity contribution in [3.63, 3.8) is 0 Å². The molecule has 2 saturated heterocycles. The van der Waals surface area contributed by atoms with Crippen LogP contribution in [0.15, 0.2) is 24.3 Å². The van der Waals surface area contributed by atoms with Crippen molar-refractivity contribution in [1.82, 2.24) is 5.32 Å². The third kappa shape index (κ3) is 30.3. The van der Waals surface area contributed by atoms with Gasteiger partial charge in [0.1, 0.15) is 48.8 Å². The standard InChI is InChI=1S/C58H109NO13/c1-3-5-7-9-11-13-15-17-19-20-21-22-23-24-25-26-28-29-31-33-35-37-39-41-47(62)46(59-50(63)42-40-38-36-34-32-30-27-18-16-14-12-10-8-6-4-2)45-69-57-55(68)53(66)56(49(44-61)71-57)72-58-54(67)52(65)51(64)48(43-60)70-58/h31,33,39,41,46-49,51-58,60-62,64-68H,3-30,32,34-38,40,42-45H2,1-2H3,(H,59,63)/b33-31+,41-39+. The third-order valence-electron chi connectivity index (χ3n) is 14.6. The van der Waals surface area contributed by atoms with Crippen molar-refractivity contribution in [2.45, 2.75) is 319 Å². The van der Waals surface area contributed by atoms with Crippen LogP contribution >= 0.6 is 0 Å². The Balaban J connectivity index is 1.78. The maximum absolute atomic E-state index is 13.2. The average molecular weight is 1030 g/mol. The maximum atomic E-state index is 13.2. The molecule has 14 nitrogen and oxygen atoms in total.